The summed E-state index contributed by atoms with van der Waals surface area (Å²) in [5, 5.41) is 0. The molecular weight excluding hydrogens is 250 g/mol. The molecule has 0 amide bonds. The van der Waals surface area contributed by atoms with Crippen molar-refractivity contribution in [3.8, 4) is 0 Å². The molecule has 0 aliphatic carbocycles. The second kappa shape index (κ2) is 8.28. The van der Waals surface area contributed by atoms with E-state index in [-0.39, 0.29) is 11.7 Å². The van der Waals surface area contributed by atoms with E-state index in [1.165, 1.54) is 13.2 Å². The first-order chi connectivity index (χ1) is 8.84. The zero-order chi connectivity index (χ0) is 15.1. The van der Waals surface area contributed by atoms with Crippen LogP contribution in [0.4, 0.5) is 8.78 Å². The van der Waals surface area contributed by atoms with Crippen LogP contribution in [-0.4, -0.2) is 19.3 Å². The molecule has 0 aromatic carbocycles. The highest BCUT2D eigenvalue weighted by molar-refractivity contribution is 5.94. The van der Waals surface area contributed by atoms with Crippen molar-refractivity contribution in [1.29, 1.82) is 0 Å². The van der Waals surface area contributed by atoms with Gasteiger partial charge in [-0.25, -0.2) is 8.78 Å². The first kappa shape index (κ1) is 18.1. The topological polar surface area (TPSA) is 26.3 Å². The number of hydrogen-bond donors (Lipinski definition) is 0. The lowest BCUT2D eigenvalue weighted by Gasteiger charge is -2.26. The molecule has 1 atom stereocenters. The molecule has 0 N–H and O–H groups in total. The van der Waals surface area contributed by atoms with Crippen molar-refractivity contribution in [2.45, 2.75) is 59.8 Å². The van der Waals surface area contributed by atoms with Crippen LogP contribution in [0.5, 0.6) is 0 Å². The Hall–Kier alpha value is -0.930. The molecule has 2 nitrogen and oxygen atoms in total. The van der Waals surface area contributed by atoms with E-state index >= 15 is 0 Å². The number of alkyl halides is 2. The van der Waals surface area contributed by atoms with E-state index in [9.17, 15) is 13.6 Å². The summed E-state index contributed by atoms with van der Waals surface area (Å²) < 4.78 is 30.4. The molecule has 0 fully saturated rings. The van der Waals surface area contributed by atoms with Gasteiger partial charge in [0, 0.05) is 23.8 Å². The fourth-order valence-corrected chi connectivity index (χ4v) is 2.10. The number of methoxy groups -OCH3 is 1. The molecule has 0 saturated carbocycles. The molecule has 0 saturated heterocycles. The summed E-state index contributed by atoms with van der Waals surface area (Å²) in [5.74, 6) is 0.504. The van der Waals surface area contributed by atoms with E-state index in [1.807, 2.05) is 13.8 Å². The second-order valence-electron chi connectivity index (χ2n) is 5.14. The molecule has 0 heterocycles. The first-order valence-electron chi connectivity index (χ1n) is 6.92. The van der Waals surface area contributed by atoms with Crippen molar-refractivity contribution < 1.29 is 18.3 Å². The standard InChI is InChI=1S/C15H26F2O2/c1-6-11(7-2)12(19-5)9-13(18)15(4,8-3)10-14(16)17/h9,11,14H,6-8,10H2,1-5H3/b12-9-. The summed E-state index contributed by atoms with van der Waals surface area (Å²) in [6.45, 7) is 7.39. The lowest BCUT2D eigenvalue weighted by Crippen LogP contribution is -2.29. The first-order valence-corrected chi connectivity index (χ1v) is 6.92. The van der Waals surface area contributed by atoms with Gasteiger partial charge in [0.1, 0.15) is 5.76 Å². The lowest BCUT2D eigenvalue weighted by molar-refractivity contribution is -0.125. The van der Waals surface area contributed by atoms with E-state index in [1.54, 1.807) is 13.8 Å². The van der Waals surface area contributed by atoms with Crippen LogP contribution in [0.1, 0.15) is 53.4 Å². The predicted molar refractivity (Wildman–Crippen MR) is 73.2 cm³/mol. The maximum atomic E-state index is 12.6. The molecule has 0 spiro atoms. The Bertz CT molecular complexity index is 309. The fourth-order valence-electron chi connectivity index (χ4n) is 2.10. The molecule has 1 unspecified atom stereocenters. The fraction of sp³-hybridized carbons (Fsp3) is 0.800. The minimum absolute atomic E-state index is 0.168. The van der Waals surface area contributed by atoms with E-state index in [0.29, 0.717) is 12.2 Å². The van der Waals surface area contributed by atoms with Crippen molar-refractivity contribution in [2.75, 3.05) is 7.11 Å². The summed E-state index contributed by atoms with van der Waals surface area (Å²) in [6, 6.07) is 0. The molecule has 112 valence electrons. The third-order valence-corrected chi connectivity index (χ3v) is 3.88. The number of allylic oxidation sites excluding steroid dienone is 2. The molecule has 0 aromatic heterocycles. The van der Waals surface area contributed by atoms with Gasteiger partial charge in [0.2, 0.25) is 6.43 Å². The predicted octanol–water partition coefficient (Wildman–Crippen LogP) is 4.59. The number of halogens is 2. The quantitative estimate of drug-likeness (QED) is 0.454. The lowest BCUT2D eigenvalue weighted by atomic mass is 9.79. The van der Waals surface area contributed by atoms with Crippen molar-refractivity contribution >= 4 is 5.78 Å². The molecule has 0 aliphatic heterocycles. The summed E-state index contributed by atoms with van der Waals surface area (Å²) in [4.78, 5) is 12.2. The third-order valence-electron chi connectivity index (χ3n) is 3.88. The van der Waals surface area contributed by atoms with E-state index in [4.69, 9.17) is 4.74 Å². The number of carbonyl (C=O) groups excluding carboxylic acids is 1. The number of ketones is 1. The minimum atomic E-state index is -2.47. The Kier molecular flexibility index (Phi) is 7.88. The summed E-state index contributed by atoms with van der Waals surface area (Å²) >= 11 is 0. The summed E-state index contributed by atoms with van der Waals surface area (Å²) in [6.07, 6.45) is 0.665. The van der Waals surface area contributed by atoms with Crippen LogP contribution in [0.25, 0.3) is 0 Å². The monoisotopic (exact) mass is 276 g/mol. The Morgan fingerprint density at radius 2 is 1.79 bits per heavy atom. The highest BCUT2D eigenvalue weighted by Crippen LogP contribution is 2.32. The van der Waals surface area contributed by atoms with Gasteiger partial charge >= 0.3 is 0 Å². The Morgan fingerprint density at radius 3 is 2.11 bits per heavy atom. The Balaban J connectivity index is 5.14. The van der Waals surface area contributed by atoms with Crippen LogP contribution < -0.4 is 0 Å². The van der Waals surface area contributed by atoms with Crippen LogP contribution in [0.15, 0.2) is 11.8 Å². The number of rotatable bonds is 9. The smallest absolute Gasteiger partial charge is 0.239 e. The van der Waals surface area contributed by atoms with Gasteiger partial charge in [0.05, 0.1) is 7.11 Å². The van der Waals surface area contributed by atoms with Crippen LogP contribution in [-0.2, 0) is 9.53 Å². The van der Waals surface area contributed by atoms with Gasteiger partial charge in [0.15, 0.2) is 5.78 Å². The third kappa shape index (κ3) is 5.29. The molecular formula is C15H26F2O2. The van der Waals surface area contributed by atoms with Crippen LogP contribution in [0.3, 0.4) is 0 Å². The number of carbonyl (C=O) groups is 1. The Labute approximate surface area is 115 Å². The average Bonchev–Trinajstić information content (AvgIpc) is 2.37. The SMILES string of the molecule is CCC(CC)/C(=C/C(=O)C(C)(CC)CC(F)F)OC. The largest absolute Gasteiger partial charge is 0.501 e. The van der Waals surface area contributed by atoms with Crippen molar-refractivity contribution in [2.24, 2.45) is 11.3 Å². The van der Waals surface area contributed by atoms with Gasteiger partial charge in [-0.3, -0.25) is 4.79 Å². The minimum Gasteiger partial charge on any atom is -0.501 e. The van der Waals surface area contributed by atoms with Crippen molar-refractivity contribution in [3.63, 3.8) is 0 Å². The van der Waals surface area contributed by atoms with E-state index < -0.39 is 18.3 Å². The average molecular weight is 276 g/mol. The normalized spacial score (nSPS) is 15.7. The second-order valence-corrected chi connectivity index (χ2v) is 5.14. The van der Waals surface area contributed by atoms with Gasteiger partial charge in [-0.05, 0) is 19.3 Å². The summed E-state index contributed by atoms with van der Waals surface area (Å²) in [7, 11) is 1.52. The summed E-state index contributed by atoms with van der Waals surface area (Å²) in [5.41, 5.74) is -1.01. The van der Waals surface area contributed by atoms with Gasteiger partial charge in [-0.15, -0.1) is 0 Å². The van der Waals surface area contributed by atoms with Crippen LogP contribution >= 0.6 is 0 Å². The van der Waals surface area contributed by atoms with Crippen molar-refractivity contribution in [3.05, 3.63) is 11.8 Å². The molecule has 4 heteroatoms. The maximum absolute atomic E-state index is 12.6. The molecule has 0 rings (SSSR count). The molecule has 0 aliphatic rings. The molecule has 19 heavy (non-hydrogen) atoms. The highest BCUT2D eigenvalue weighted by atomic mass is 19.3. The van der Waals surface area contributed by atoms with E-state index in [2.05, 4.69) is 0 Å². The molecule has 0 bridgehead atoms. The van der Waals surface area contributed by atoms with Crippen LogP contribution in [0.2, 0.25) is 0 Å². The zero-order valence-corrected chi connectivity index (χ0v) is 12.6. The highest BCUT2D eigenvalue weighted by Gasteiger charge is 2.33. The maximum Gasteiger partial charge on any atom is 0.239 e. The number of ether oxygens (including phenoxy) is 1. The van der Waals surface area contributed by atoms with Crippen molar-refractivity contribution in [1.82, 2.24) is 0 Å². The Morgan fingerprint density at radius 1 is 1.26 bits per heavy atom. The molecule has 0 aromatic rings. The van der Waals surface area contributed by atoms with Gasteiger partial charge in [-0.1, -0.05) is 27.7 Å². The van der Waals surface area contributed by atoms with Gasteiger partial charge in [-0.2, -0.15) is 0 Å². The number of hydrogen-bond acceptors (Lipinski definition) is 2. The van der Waals surface area contributed by atoms with Crippen LogP contribution in [0, 0.1) is 11.3 Å². The zero-order valence-electron chi connectivity index (χ0n) is 12.6. The van der Waals surface area contributed by atoms with Gasteiger partial charge < -0.3 is 4.74 Å². The van der Waals surface area contributed by atoms with Gasteiger partial charge in [0.25, 0.3) is 0 Å². The van der Waals surface area contributed by atoms with E-state index in [0.717, 1.165) is 12.8 Å². The molecule has 0 radical (unpaired) electrons.